The zero-order valence-corrected chi connectivity index (χ0v) is 23.2. The molecule has 0 N–H and O–H groups in total. The minimum atomic E-state index is -2.13. The van der Waals surface area contributed by atoms with Crippen molar-refractivity contribution in [3.8, 4) is 0 Å². The predicted molar refractivity (Wildman–Crippen MR) is 126 cm³/mol. The maximum absolute atomic E-state index is 7.36. The summed E-state index contributed by atoms with van der Waals surface area (Å²) in [5, 5.41) is 0.0836. The van der Waals surface area contributed by atoms with Gasteiger partial charge in [-0.3, -0.25) is 0 Å². The lowest BCUT2D eigenvalue weighted by molar-refractivity contribution is -0.340. The molecule has 2 bridgehead atoms. The summed E-state index contributed by atoms with van der Waals surface area (Å²) < 4.78 is 39.8. The van der Waals surface area contributed by atoms with Crippen molar-refractivity contribution in [1.82, 2.24) is 0 Å². The van der Waals surface area contributed by atoms with Crippen molar-refractivity contribution in [3.63, 3.8) is 0 Å². The van der Waals surface area contributed by atoms with Gasteiger partial charge in [0.25, 0.3) is 0 Å². The maximum atomic E-state index is 7.36. The number of hydrogen-bond donors (Lipinski definition) is 0. The Labute approximate surface area is 196 Å². The van der Waals surface area contributed by atoms with Crippen LogP contribution in [0.15, 0.2) is 0 Å². The van der Waals surface area contributed by atoms with Crippen molar-refractivity contribution in [3.05, 3.63) is 0 Å². The number of hydrogen-bond acceptors (Lipinski definition) is 6. The molecule has 0 amide bonds. The fraction of sp³-hybridized carbons (Fsp3) is 1.00. The van der Waals surface area contributed by atoms with Gasteiger partial charge in [0.15, 0.2) is 14.1 Å². The van der Waals surface area contributed by atoms with Gasteiger partial charge in [-0.2, -0.15) is 0 Å². The second-order valence-electron chi connectivity index (χ2n) is 12.8. The minimum Gasteiger partial charge on any atom is -0.410 e. The van der Waals surface area contributed by atoms with Crippen molar-refractivity contribution in [2.75, 3.05) is 27.4 Å². The lowest BCUT2D eigenvalue weighted by Crippen LogP contribution is -2.77. The quantitative estimate of drug-likeness (QED) is 0.552. The van der Waals surface area contributed by atoms with Crippen LogP contribution in [-0.2, 0) is 28.1 Å². The molecule has 7 heteroatoms. The summed E-state index contributed by atoms with van der Waals surface area (Å²) in [6, 6.07) is 0. The van der Waals surface area contributed by atoms with Gasteiger partial charge in [-0.05, 0) is 38.4 Å². The normalized spacial score (nSPS) is 45.3. The van der Waals surface area contributed by atoms with Crippen LogP contribution in [0.2, 0.25) is 18.1 Å². The first kappa shape index (κ1) is 25.1. The third kappa shape index (κ3) is 3.04. The molecule has 7 atom stereocenters. The van der Waals surface area contributed by atoms with Gasteiger partial charge < -0.3 is 28.1 Å². The summed E-state index contributed by atoms with van der Waals surface area (Å²) in [5.41, 5.74) is -1.34. The zero-order valence-electron chi connectivity index (χ0n) is 22.2. The van der Waals surface area contributed by atoms with E-state index in [4.69, 9.17) is 28.1 Å². The first-order valence-corrected chi connectivity index (χ1v) is 15.3. The molecule has 4 rings (SSSR count). The molecule has 2 aliphatic heterocycles. The number of methoxy groups -OCH3 is 2. The molecule has 0 aromatic carbocycles. The van der Waals surface area contributed by atoms with Crippen LogP contribution in [0, 0.1) is 17.3 Å². The molecule has 4 fully saturated rings. The highest BCUT2D eigenvalue weighted by atomic mass is 28.4. The van der Waals surface area contributed by atoms with Crippen LogP contribution in [0.5, 0.6) is 0 Å². The summed E-state index contributed by atoms with van der Waals surface area (Å²) >= 11 is 0. The Morgan fingerprint density at radius 2 is 1.50 bits per heavy atom. The van der Waals surface area contributed by atoms with Crippen molar-refractivity contribution in [2.45, 2.75) is 115 Å². The Bertz CT molecular complexity index is 726. The average molecular weight is 471 g/mol. The smallest absolute Gasteiger partial charge is 0.192 e. The summed E-state index contributed by atoms with van der Waals surface area (Å²) in [6.07, 6.45) is 1.36. The molecular weight excluding hydrogens is 424 g/mol. The van der Waals surface area contributed by atoms with E-state index in [0.29, 0.717) is 13.2 Å². The maximum Gasteiger partial charge on any atom is 0.192 e. The molecule has 2 aliphatic carbocycles. The molecule has 32 heavy (non-hydrogen) atoms. The van der Waals surface area contributed by atoms with Crippen LogP contribution in [0.3, 0.4) is 0 Å². The van der Waals surface area contributed by atoms with Crippen molar-refractivity contribution < 1.29 is 28.1 Å². The Hall–Kier alpha value is -0.0231. The third-order valence-corrected chi connectivity index (χ3v) is 14.4. The molecular formula is C25H46O6Si. The molecule has 0 aromatic rings. The van der Waals surface area contributed by atoms with E-state index in [-0.39, 0.29) is 40.6 Å². The first-order valence-electron chi connectivity index (χ1n) is 12.3. The van der Waals surface area contributed by atoms with E-state index in [0.717, 1.165) is 12.8 Å². The highest BCUT2D eigenvalue weighted by molar-refractivity contribution is 6.74. The van der Waals surface area contributed by atoms with Crippen LogP contribution in [-0.4, -0.2) is 71.1 Å². The Morgan fingerprint density at radius 3 is 2.00 bits per heavy atom. The van der Waals surface area contributed by atoms with Crippen molar-refractivity contribution in [2.24, 2.45) is 17.3 Å². The average Bonchev–Trinajstić information content (AvgIpc) is 3.22. The van der Waals surface area contributed by atoms with E-state index < -0.39 is 25.3 Å². The number of ether oxygens (including phenoxy) is 5. The van der Waals surface area contributed by atoms with Gasteiger partial charge in [-0.15, -0.1) is 0 Å². The molecule has 2 heterocycles. The van der Waals surface area contributed by atoms with Crippen molar-refractivity contribution in [1.29, 1.82) is 0 Å². The van der Waals surface area contributed by atoms with Gasteiger partial charge in [0.05, 0.1) is 37.1 Å². The lowest BCUT2D eigenvalue weighted by Gasteiger charge is -2.65. The van der Waals surface area contributed by atoms with Gasteiger partial charge in [0.2, 0.25) is 0 Å². The molecule has 0 radical (unpaired) electrons. The molecule has 186 valence electrons. The minimum absolute atomic E-state index is 0.00857. The Kier molecular flexibility index (Phi) is 5.87. The fourth-order valence-electron chi connectivity index (χ4n) is 7.30. The molecule has 2 saturated carbocycles. The highest BCUT2D eigenvalue weighted by Crippen LogP contribution is 2.70. The molecule has 6 nitrogen and oxygen atoms in total. The van der Waals surface area contributed by atoms with Crippen LogP contribution in [0.25, 0.3) is 0 Å². The van der Waals surface area contributed by atoms with Gasteiger partial charge in [0.1, 0.15) is 5.60 Å². The van der Waals surface area contributed by atoms with Gasteiger partial charge >= 0.3 is 0 Å². The predicted octanol–water partition coefficient (Wildman–Crippen LogP) is 4.76. The number of fused-ring (bicyclic) bond motifs is 1. The standard InChI is InChI=1S/C25H46O6Si/c1-16-24(28-14-15-29-24)13-12-23(7)20(27-9)18(26-8)17-19(25(16,23)31-22(17,5)6)30-32(10,11)21(2,3)4/h16-20H,12-15H2,1-11H3/t16-,17-,18-,19-,20-,23+,25-/m0/s1. The fourth-order valence-corrected chi connectivity index (χ4v) is 8.61. The van der Waals surface area contributed by atoms with E-state index in [1.54, 1.807) is 0 Å². The van der Waals surface area contributed by atoms with Crippen LogP contribution in [0.1, 0.15) is 61.3 Å². The molecule has 0 aromatic heterocycles. The van der Waals surface area contributed by atoms with Crippen LogP contribution >= 0.6 is 0 Å². The first-order chi connectivity index (χ1) is 14.6. The topological polar surface area (TPSA) is 55.4 Å². The van der Waals surface area contributed by atoms with Gasteiger partial charge in [-0.25, -0.2) is 0 Å². The highest BCUT2D eigenvalue weighted by Gasteiger charge is 2.81. The van der Waals surface area contributed by atoms with Gasteiger partial charge in [0, 0.05) is 37.9 Å². The molecule has 2 spiro atoms. The van der Waals surface area contributed by atoms with E-state index in [2.05, 4.69) is 61.6 Å². The summed E-state index contributed by atoms with van der Waals surface area (Å²) in [6.45, 7) is 21.8. The Balaban J connectivity index is 1.93. The molecule has 0 unspecified atom stereocenters. The van der Waals surface area contributed by atoms with Crippen molar-refractivity contribution >= 4 is 8.32 Å². The summed E-state index contributed by atoms with van der Waals surface area (Å²) in [4.78, 5) is 0. The van der Waals surface area contributed by atoms with E-state index in [1.807, 2.05) is 14.2 Å². The molecule has 4 aliphatic rings. The van der Waals surface area contributed by atoms with Crippen LogP contribution in [0.4, 0.5) is 0 Å². The molecule has 2 saturated heterocycles. The lowest BCUT2D eigenvalue weighted by atomic mass is 9.48. The zero-order chi connectivity index (χ0) is 24.0. The SMILES string of the molecule is CO[C@H]1[C@H]2[C@H](O[Si](C)(C)C(C)(C)C)[C@@]3(OC2(C)C)[C@@H](C)C2(CC[C@]3(C)[C@H]1OC)OCCO2. The van der Waals surface area contributed by atoms with E-state index in [1.165, 1.54) is 0 Å². The van der Waals surface area contributed by atoms with E-state index in [9.17, 15) is 0 Å². The monoisotopic (exact) mass is 470 g/mol. The van der Waals surface area contributed by atoms with E-state index >= 15 is 0 Å². The summed E-state index contributed by atoms with van der Waals surface area (Å²) in [7, 11) is 1.50. The number of rotatable bonds is 4. The van der Waals surface area contributed by atoms with Crippen LogP contribution < -0.4 is 0 Å². The third-order valence-electron chi connectivity index (χ3n) is 9.98. The Morgan fingerprint density at radius 1 is 0.906 bits per heavy atom. The summed E-state index contributed by atoms with van der Waals surface area (Å²) in [5.74, 6) is -0.595. The largest absolute Gasteiger partial charge is 0.410 e. The van der Waals surface area contributed by atoms with Gasteiger partial charge in [-0.1, -0.05) is 34.6 Å². The second kappa shape index (κ2) is 7.49. The second-order valence-corrected chi connectivity index (χ2v) is 17.6.